The molecule has 0 saturated heterocycles. The molecule has 0 aliphatic heterocycles. The third-order valence-corrected chi connectivity index (χ3v) is 7.32. The maximum absolute atomic E-state index is 13.1. The Morgan fingerprint density at radius 3 is 2.21 bits per heavy atom. The molecule has 7 nitrogen and oxygen atoms in total. The molecule has 0 aliphatic rings. The lowest BCUT2D eigenvalue weighted by Crippen LogP contribution is -2.45. The summed E-state index contributed by atoms with van der Waals surface area (Å²) in [6.45, 7) is 0. The Labute approximate surface area is 200 Å². The van der Waals surface area contributed by atoms with Crippen LogP contribution in [-0.2, 0) is 21.2 Å². The summed E-state index contributed by atoms with van der Waals surface area (Å²) in [5, 5.41) is 12.2. The third kappa shape index (κ3) is 6.02. The van der Waals surface area contributed by atoms with E-state index >= 15 is 0 Å². The number of anilines is 1. The van der Waals surface area contributed by atoms with Gasteiger partial charge in [-0.2, -0.15) is 4.72 Å². The van der Waals surface area contributed by atoms with E-state index in [1.165, 1.54) is 35.6 Å². The van der Waals surface area contributed by atoms with Gasteiger partial charge in [0, 0.05) is 10.6 Å². The second-order valence-corrected chi connectivity index (χ2v) is 10.2. The maximum Gasteiger partial charge on any atom is 0.244 e. The van der Waals surface area contributed by atoms with Crippen LogP contribution >= 0.6 is 22.9 Å². The van der Waals surface area contributed by atoms with Crippen LogP contribution in [0.5, 0.6) is 0 Å². The van der Waals surface area contributed by atoms with Gasteiger partial charge in [-0.05, 0) is 36.2 Å². The smallest absolute Gasteiger partial charge is 0.244 e. The molecule has 0 fully saturated rings. The van der Waals surface area contributed by atoms with E-state index in [0.717, 1.165) is 11.1 Å². The van der Waals surface area contributed by atoms with Gasteiger partial charge in [0.15, 0.2) is 0 Å². The summed E-state index contributed by atoms with van der Waals surface area (Å²) in [6, 6.07) is 23.3. The van der Waals surface area contributed by atoms with Crippen molar-refractivity contribution in [2.45, 2.75) is 17.4 Å². The van der Waals surface area contributed by atoms with Crippen LogP contribution in [0.15, 0.2) is 89.8 Å². The molecule has 0 aliphatic carbocycles. The van der Waals surface area contributed by atoms with Crippen LogP contribution in [0.3, 0.4) is 0 Å². The molecule has 0 saturated carbocycles. The molecule has 1 unspecified atom stereocenters. The van der Waals surface area contributed by atoms with Gasteiger partial charge in [0.1, 0.15) is 11.0 Å². The van der Waals surface area contributed by atoms with Crippen LogP contribution in [0.1, 0.15) is 5.56 Å². The van der Waals surface area contributed by atoms with Crippen LogP contribution in [-0.4, -0.2) is 30.6 Å². The van der Waals surface area contributed by atoms with Gasteiger partial charge in [0.2, 0.25) is 21.1 Å². The SMILES string of the molecule is O=C(Nc1nnc(-c2ccccc2)s1)C(Cc1ccccc1)NS(=O)(=O)c1ccc(Cl)cc1. The Morgan fingerprint density at radius 2 is 1.55 bits per heavy atom. The molecular weight excluding hydrogens is 480 g/mol. The summed E-state index contributed by atoms with van der Waals surface area (Å²) < 4.78 is 28.4. The molecule has 3 aromatic carbocycles. The third-order valence-electron chi connectivity index (χ3n) is 4.70. The standard InChI is InChI=1S/C23H19ClN4O3S2/c24-18-11-13-19(14-12-18)33(30,31)28-20(15-16-7-3-1-4-8-16)21(29)25-23-27-26-22(32-23)17-9-5-2-6-10-17/h1-14,20,28H,15H2,(H,25,27,29). The highest BCUT2D eigenvalue weighted by Gasteiger charge is 2.27. The number of nitrogens with zero attached hydrogens (tertiary/aromatic N) is 2. The molecule has 1 amide bonds. The molecule has 0 spiro atoms. The fraction of sp³-hybridized carbons (Fsp3) is 0.0870. The Morgan fingerprint density at radius 1 is 0.909 bits per heavy atom. The lowest BCUT2D eigenvalue weighted by molar-refractivity contribution is -0.117. The van der Waals surface area contributed by atoms with Crippen molar-refractivity contribution in [3.8, 4) is 10.6 Å². The Balaban J connectivity index is 1.56. The van der Waals surface area contributed by atoms with Crippen molar-refractivity contribution < 1.29 is 13.2 Å². The zero-order valence-corrected chi connectivity index (χ0v) is 19.6. The van der Waals surface area contributed by atoms with Crippen molar-refractivity contribution in [3.63, 3.8) is 0 Å². The van der Waals surface area contributed by atoms with Gasteiger partial charge in [-0.15, -0.1) is 10.2 Å². The van der Waals surface area contributed by atoms with Gasteiger partial charge >= 0.3 is 0 Å². The fourth-order valence-corrected chi connectivity index (χ4v) is 5.14. The van der Waals surface area contributed by atoms with Crippen LogP contribution < -0.4 is 10.0 Å². The summed E-state index contributed by atoms with van der Waals surface area (Å²) in [5.41, 5.74) is 1.68. The highest BCUT2D eigenvalue weighted by Crippen LogP contribution is 2.26. The van der Waals surface area contributed by atoms with Gasteiger partial charge in [0.05, 0.1) is 4.90 Å². The Hall–Kier alpha value is -3.11. The predicted molar refractivity (Wildman–Crippen MR) is 130 cm³/mol. The molecule has 0 bridgehead atoms. The number of hydrogen-bond donors (Lipinski definition) is 2. The minimum atomic E-state index is -3.97. The van der Waals surface area contributed by atoms with Gasteiger partial charge in [-0.1, -0.05) is 83.6 Å². The van der Waals surface area contributed by atoms with Gasteiger partial charge in [0.25, 0.3) is 0 Å². The lowest BCUT2D eigenvalue weighted by atomic mass is 10.1. The van der Waals surface area contributed by atoms with E-state index in [4.69, 9.17) is 11.6 Å². The second-order valence-electron chi connectivity index (χ2n) is 7.09. The summed E-state index contributed by atoms with van der Waals surface area (Å²) in [4.78, 5) is 13.1. The van der Waals surface area contributed by atoms with Gasteiger partial charge in [-0.3, -0.25) is 10.1 Å². The first-order valence-electron chi connectivity index (χ1n) is 9.92. The van der Waals surface area contributed by atoms with Crippen LogP contribution in [0.2, 0.25) is 5.02 Å². The minimum absolute atomic E-state index is 0.0139. The molecule has 168 valence electrons. The predicted octanol–water partition coefficient (Wildman–Crippen LogP) is 4.39. The normalized spacial score (nSPS) is 12.3. The quantitative estimate of drug-likeness (QED) is 0.375. The van der Waals surface area contributed by atoms with Crippen molar-refractivity contribution >= 4 is 44.0 Å². The fourth-order valence-electron chi connectivity index (χ4n) is 3.07. The number of benzene rings is 3. The first kappa shape index (κ1) is 23.1. The van der Waals surface area contributed by atoms with E-state index in [2.05, 4.69) is 20.2 Å². The lowest BCUT2D eigenvalue weighted by Gasteiger charge is -2.18. The molecule has 1 atom stereocenters. The average molecular weight is 499 g/mol. The molecule has 2 N–H and O–H groups in total. The highest BCUT2D eigenvalue weighted by atomic mass is 35.5. The molecule has 1 aromatic heterocycles. The molecular formula is C23H19ClN4O3S2. The number of hydrogen-bond acceptors (Lipinski definition) is 6. The van der Waals surface area contributed by atoms with Crippen LogP contribution in [0, 0.1) is 0 Å². The molecule has 33 heavy (non-hydrogen) atoms. The van der Waals surface area contributed by atoms with E-state index in [9.17, 15) is 13.2 Å². The molecule has 4 rings (SSSR count). The topological polar surface area (TPSA) is 101 Å². The maximum atomic E-state index is 13.1. The number of sulfonamides is 1. The van der Waals surface area contributed by atoms with E-state index in [0.29, 0.717) is 10.0 Å². The van der Waals surface area contributed by atoms with Crippen molar-refractivity contribution in [3.05, 3.63) is 95.5 Å². The van der Waals surface area contributed by atoms with Crippen molar-refractivity contribution in [1.82, 2.24) is 14.9 Å². The number of carbonyl (C=O) groups excluding carboxylic acids is 1. The first-order chi connectivity index (χ1) is 15.9. The summed E-state index contributed by atoms with van der Waals surface area (Å²) >= 11 is 7.08. The van der Waals surface area contributed by atoms with Gasteiger partial charge in [-0.25, -0.2) is 8.42 Å². The molecule has 10 heteroatoms. The monoisotopic (exact) mass is 498 g/mol. The highest BCUT2D eigenvalue weighted by molar-refractivity contribution is 7.89. The van der Waals surface area contributed by atoms with E-state index in [1.54, 1.807) is 0 Å². The van der Waals surface area contributed by atoms with Crippen molar-refractivity contribution in [2.75, 3.05) is 5.32 Å². The number of amides is 1. The first-order valence-corrected chi connectivity index (χ1v) is 12.6. The van der Waals surface area contributed by atoms with Crippen LogP contribution in [0.4, 0.5) is 5.13 Å². The number of halogens is 1. The Bertz CT molecular complexity index is 1330. The van der Waals surface area contributed by atoms with E-state index in [1.807, 2.05) is 60.7 Å². The Kier molecular flexibility index (Phi) is 7.14. The number of aromatic nitrogens is 2. The average Bonchev–Trinajstić information content (AvgIpc) is 3.28. The van der Waals surface area contributed by atoms with Crippen molar-refractivity contribution in [1.29, 1.82) is 0 Å². The second kappa shape index (κ2) is 10.2. The van der Waals surface area contributed by atoms with Crippen molar-refractivity contribution in [2.24, 2.45) is 0 Å². The number of carbonyl (C=O) groups is 1. The summed E-state index contributed by atoms with van der Waals surface area (Å²) in [7, 11) is -3.97. The van der Waals surface area contributed by atoms with Gasteiger partial charge < -0.3 is 0 Å². The summed E-state index contributed by atoms with van der Waals surface area (Å²) in [5.74, 6) is -0.535. The number of nitrogens with one attached hydrogen (secondary N) is 2. The zero-order valence-electron chi connectivity index (χ0n) is 17.2. The van der Waals surface area contributed by atoms with Crippen LogP contribution in [0.25, 0.3) is 10.6 Å². The number of rotatable bonds is 8. The molecule has 0 radical (unpaired) electrons. The van der Waals surface area contributed by atoms with E-state index in [-0.39, 0.29) is 16.4 Å². The molecule has 4 aromatic rings. The zero-order chi connectivity index (χ0) is 23.3. The summed E-state index contributed by atoms with van der Waals surface area (Å²) in [6.07, 6.45) is 0.157. The van der Waals surface area contributed by atoms with E-state index < -0.39 is 22.0 Å². The minimum Gasteiger partial charge on any atom is -0.299 e. The largest absolute Gasteiger partial charge is 0.299 e. The molecule has 1 heterocycles.